The first-order valence-corrected chi connectivity index (χ1v) is 6.43. The molecule has 0 spiro atoms. The van der Waals surface area contributed by atoms with Crippen molar-refractivity contribution in [1.29, 1.82) is 0 Å². The molecule has 0 saturated carbocycles. The van der Waals surface area contributed by atoms with E-state index in [1.54, 1.807) is 12.4 Å². The van der Waals surface area contributed by atoms with E-state index < -0.39 is 11.6 Å². The van der Waals surface area contributed by atoms with Gasteiger partial charge in [0.2, 0.25) is 0 Å². The predicted octanol–water partition coefficient (Wildman–Crippen LogP) is 2.84. The number of aromatic nitrogens is 2. The molecule has 0 amide bonds. The Labute approximate surface area is 116 Å². The molecule has 0 aliphatic carbocycles. The van der Waals surface area contributed by atoms with Gasteiger partial charge >= 0.3 is 0 Å². The number of hydrogen-bond donors (Lipinski definition) is 2. The second-order valence-corrected chi connectivity index (χ2v) is 4.22. The van der Waals surface area contributed by atoms with Crippen molar-refractivity contribution in [2.75, 3.05) is 23.7 Å². The van der Waals surface area contributed by atoms with Crippen molar-refractivity contribution in [3.8, 4) is 0 Å². The van der Waals surface area contributed by atoms with Crippen LogP contribution in [-0.2, 0) is 6.42 Å². The number of nitrogens with zero attached hydrogens (tertiary/aromatic N) is 2. The van der Waals surface area contributed by atoms with Crippen molar-refractivity contribution >= 4 is 11.6 Å². The maximum atomic E-state index is 13.6. The van der Waals surface area contributed by atoms with Crippen LogP contribution in [0.15, 0.2) is 30.6 Å². The standard InChI is InChI=1S/C14H16F2N4/c1-2-18-13-11(15)8-12(16)14(20-13)19-7-5-10-4-3-6-17-9-10/h3-4,6,8-9H,2,5,7H2,1H3,(H2,18,19,20). The Bertz CT molecular complexity index is 561. The lowest BCUT2D eigenvalue weighted by Gasteiger charge is -2.10. The number of anilines is 2. The minimum Gasteiger partial charge on any atom is -0.368 e. The van der Waals surface area contributed by atoms with E-state index in [0.717, 1.165) is 11.6 Å². The summed E-state index contributed by atoms with van der Waals surface area (Å²) < 4.78 is 27.0. The minimum atomic E-state index is -0.699. The highest BCUT2D eigenvalue weighted by Crippen LogP contribution is 2.18. The summed E-state index contributed by atoms with van der Waals surface area (Å²) >= 11 is 0. The summed E-state index contributed by atoms with van der Waals surface area (Å²) in [5, 5.41) is 5.62. The molecule has 2 aromatic heterocycles. The lowest BCUT2D eigenvalue weighted by Crippen LogP contribution is -2.11. The zero-order valence-electron chi connectivity index (χ0n) is 11.2. The Morgan fingerprint density at radius 2 is 1.90 bits per heavy atom. The van der Waals surface area contributed by atoms with Gasteiger partial charge in [0.15, 0.2) is 23.3 Å². The van der Waals surface area contributed by atoms with E-state index in [-0.39, 0.29) is 11.6 Å². The van der Waals surface area contributed by atoms with Gasteiger partial charge < -0.3 is 10.6 Å². The number of halogens is 2. The molecule has 20 heavy (non-hydrogen) atoms. The zero-order chi connectivity index (χ0) is 14.4. The average Bonchev–Trinajstić information content (AvgIpc) is 2.45. The molecule has 0 bridgehead atoms. The van der Waals surface area contributed by atoms with E-state index in [9.17, 15) is 8.78 Å². The van der Waals surface area contributed by atoms with Crippen LogP contribution in [-0.4, -0.2) is 23.1 Å². The molecule has 0 saturated heterocycles. The third-order valence-electron chi connectivity index (χ3n) is 2.70. The molecular weight excluding hydrogens is 262 g/mol. The third-order valence-corrected chi connectivity index (χ3v) is 2.70. The number of nitrogens with one attached hydrogen (secondary N) is 2. The van der Waals surface area contributed by atoms with Crippen molar-refractivity contribution < 1.29 is 8.78 Å². The summed E-state index contributed by atoms with van der Waals surface area (Å²) in [6.07, 6.45) is 4.13. The van der Waals surface area contributed by atoms with Crippen LogP contribution in [0.2, 0.25) is 0 Å². The lowest BCUT2D eigenvalue weighted by atomic mass is 10.2. The van der Waals surface area contributed by atoms with Crippen molar-refractivity contribution in [3.63, 3.8) is 0 Å². The fourth-order valence-corrected chi connectivity index (χ4v) is 1.75. The smallest absolute Gasteiger partial charge is 0.168 e. The fourth-order valence-electron chi connectivity index (χ4n) is 1.75. The molecule has 0 aliphatic rings. The van der Waals surface area contributed by atoms with Gasteiger partial charge in [-0.3, -0.25) is 4.98 Å². The van der Waals surface area contributed by atoms with E-state index in [4.69, 9.17) is 0 Å². The first-order chi connectivity index (χ1) is 9.70. The topological polar surface area (TPSA) is 49.8 Å². The maximum absolute atomic E-state index is 13.6. The monoisotopic (exact) mass is 278 g/mol. The van der Waals surface area contributed by atoms with E-state index in [1.807, 2.05) is 19.1 Å². The molecule has 0 atom stereocenters. The Morgan fingerprint density at radius 3 is 2.55 bits per heavy atom. The largest absolute Gasteiger partial charge is 0.368 e. The van der Waals surface area contributed by atoms with Crippen LogP contribution < -0.4 is 10.6 Å². The van der Waals surface area contributed by atoms with Crippen LogP contribution in [0, 0.1) is 11.6 Å². The molecule has 0 fully saturated rings. The maximum Gasteiger partial charge on any atom is 0.168 e. The molecule has 2 rings (SSSR count). The van der Waals surface area contributed by atoms with Crippen LogP contribution in [0.25, 0.3) is 0 Å². The molecule has 4 nitrogen and oxygen atoms in total. The van der Waals surface area contributed by atoms with Crippen LogP contribution in [0.4, 0.5) is 20.4 Å². The predicted molar refractivity (Wildman–Crippen MR) is 74.7 cm³/mol. The molecule has 2 N–H and O–H groups in total. The van der Waals surface area contributed by atoms with Gasteiger partial charge in [0, 0.05) is 31.5 Å². The van der Waals surface area contributed by atoms with E-state index >= 15 is 0 Å². The van der Waals surface area contributed by atoms with E-state index in [2.05, 4.69) is 20.6 Å². The molecule has 6 heteroatoms. The third kappa shape index (κ3) is 3.63. The average molecular weight is 278 g/mol. The second-order valence-electron chi connectivity index (χ2n) is 4.22. The van der Waals surface area contributed by atoms with Gasteiger partial charge in [-0.25, -0.2) is 13.8 Å². The number of hydrogen-bond acceptors (Lipinski definition) is 4. The van der Waals surface area contributed by atoms with Gasteiger partial charge in [0.1, 0.15) is 0 Å². The molecule has 0 aromatic carbocycles. The van der Waals surface area contributed by atoms with Gasteiger partial charge in [0.25, 0.3) is 0 Å². The van der Waals surface area contributed by atoms with Gasteiger partial charge in [0.05, 0.1) is 0 Å². The van der Waals surface area contributed by atoms with Crippen molar-refractivity contribution in [2.45, 2.75) is 13.3 Å². The highest BCUT2D eigenvalue weighted by molar-refractivity contribution is 5.47. The zero-order valence-corrected chi connectivity index (χ0v) is 11.2. The molecule has 0 radical (unpaired) electrons. The van der Waals surface area contributed by atoms with E-state index in [1.165, 1.54) is 0 Å². The van der Waals surface area contributed by atoms with Gasteiger partial charge in [-0.05, 0) is 25.0 Å². The SMILES string of the molecule is CCNc1nc(NCCc2cccnc2)c(F)cc1F. The molecular formula is C14H16F2N4. The van der Waals surface area contributed by atoms with Crippen molar-refractivity contribution in [2.24, 2.45) is 0 Å². The molecule has 2 heterocycles. The van der Waals surface area contributed by atoms with Crippen molar-refractivity contribution in [3.05, 3.63) is 47.8 Å². The summed E-state index contributed by atoms with van der Waals surface area (Å²) in [5.41, 5.74) is 1.04. The van der Waals surface area contributed by atoms with Gasteiger partial charge in [-0.2, -0.15) is 0 Å². The Kier molecular flexibility index (Phi) is 4.81. The first kappa shape index (κ1) is 14.2. The van der Waals surface area contributed by atoms with E-state index in [0.29, 0.717) is 19.5 Å². The first-order valence-electron chi connectivity index (χ1n) is 6.43. The number of rotatable bonds is 6. The second kappa shape index (κ2) is 6.79. The number of pyridine rings is 2. The summed E-state index contributed by atoms with van der Waals surface area (Å²) in [4.78, 5) is 7.91. The van der Waals surface area contributed by atoms with Crippen LogP contribution in [0.5, 0.6) is 0 Å². The van der Waals surface area contributed by atoms with Gasteiger partial charge in [-0.15, -0.1) is 0 Å². The normalized spacial score (nSPS) is 10.3. The molecule has 2 aromatic rings. The summed E-state index contributed by atoms with van der Waals surface area (Å²) in [5.74, 6) is -1.29. The Hall–Kier alpha value is -2.24. The minimum absolute atomic E-state index is 0.0474. The Balaban J connectivity index is 2.00. The molecule has 106 valence electrons. The van der Waals surface area contributed by atoms with Crippen molar-refractivity contribution in [1.82, 2.24) is 9.97 Å². The van der Waals surface area contributed by atoms with Crippen LogP contribution in [0.1, 0.15) is 12.5 Å². The summed E-state index contributed by atoms with van der Waals surface area (Å²) in [6.45, 7) is 2.83. The quantitative estimate of drug-likeness (QED) is 0.853. The van der Waals surface area contributed by atoms with Gasteiger partial charge in [-0.1, -0.05) is 6.07 Å². The summed E-state index contributed by atoms with van der Waals surface area (Å²) in [6, 6.07) is 4.61. The molecule has 0 aliphatic heterocycles. The summed E-state index contributed by atoms with van der Waals surface area (Å²) in [7, 11) is 0. The fraction of sp³-hybridized carbons (Fsp3) is 0.286. The molecule has 0 unspecified atom stereocenters. The highest BCUT2D eigenvalue weighted by Gasteiger charge is 2.10. The highest BCUT2D eigenvalue weighted by atomic mass is 19.1. The van der Waals surface area contributed by atoms with Crippen LogP contribution in [0.3, 0.4) is 0 Å². The van der Waals surface area contributed by atoms with Crippen LogP contribution >= 0.6 is 0 Å². The Morgan fingerprint density at radius 1 is 1.15 bits per heavy atom. The lowest BCUT2D eigenvalue weighted by molar-refractivity contribution is 0.578.